The molecule has 266 valence electrons. The van der Waals surface area contributed by atoms with Crippen molar-refractivity contribution in [2.75, 3.05) is 0 Å². The highest BCUT2D eigenvalue weighted by atomic mass is 32.1. The summed E-state index contributed by atoms with van der Waals surface area (Å²) >= 11 is 3.53. The van der Waals surface area contributed by atoms with E-state index in [9.17, 15) is 0 Å². The van der Waals surface area contributed by atoms with E-state index >= 15 is 0 Å². The van der Waals surface area contributed by atoms with Gasteiger partial charge in [0.25, 0.3) is 0 Å². The molecule has 0 atom stereocenters. The molecule has 0 spiro atoms. The van der Waals surface area contributed by atoms with Crippen LogP contribution in [0.4, 0.5) is 0 Å². The fourth-order valence-corrected chi connectivity index (χ4v) is 10.1. The zero-order valence-corrected chi connectivity index (χ0v) is 31.7. The van der Waals surface area contributed by atoms with Gasteiger partial charge in [0, 0.05) is 63.3 Å². The molecular weight excluding hydrogens is 739 g/mol. The topological polar surface area (TPSA) is 77.6 Å². The van der Waals surface area contributed by atoms with Crippen LogP contribution < -0.4 is 0 Å². The highest BCUT2D eigenvalue weighted by Crippen LogP contribution is 2.42. The SMILES string of the molecule is c1ccc(-c2nc(-c3ccc4sc5ccccc5c4c3)nc(-c3cccc4c3oc3cc(-c5nc(-c6ccccc6)c6sc7ccccc7c6n5)ccc34)n2)cc1. The number of nitrogens with zero attached hydrogens (tertiary/aromatic N) is 5. The van der Waals surface area contributed by atoms with Crippen molar-refractivity contribution < 1.29 is 4.42 Å². The van der Waals surface area contributed by atoms with Crippen LogP contribution in [0.25, 0.3) is 119 Å². The Bertz CT molecular complexity index is 3540. The summed E-state index contributed by atoms with van der Waals surface area (Å²) < 4.78 is 11.5. The van der Waals surface area contributed by atoms with Gasteiger partial charge in [-0.3, -0.25) is 0 Å². The minimum atomic E-state index is 0.546. The molecule has 57 heavy (non-hydrogen) atoms. The normalized spacial score (nSPS) is 11.9. The Labute approximate surface area is 333 Å². The zero-order chi connectivity index (χ0) is 37.5. The Kier molecular flexibility index (Phi) is 7.17. The lowest BCUT2D eigenvalue weighted by Gasteiger charge is -2.09. The standard InChI is InChI=1S/C49H27N5OS2/c1-3-12-28(13-4-1)42-45-43(35-17-8-10-21-40(35)57-45)51-47(50-42)31-22-24-32-34-18-11-19-36(44(34)55-38(32)27-31)49-53-46(29-14-5-2-6-15-29)52-48(54-49)30-23-25-41-37(26-30)33-16-7-9-20-39(33)56-41/h1-27H. The summed E-state index contributed by atoms with van der Waals surface area (Å²) in [5.41, 5.74) is 7.90. The Morgan fingerprint density at radius 2 is 0.982 bits per heavy atom. The molecule has 0 bridgehead atoms. The average molecular weight is 766 g/mol. The molecule has 6 nitrogen and oxygen atoms in total. The fourth-order valence-electron chi connectivity index (χ4n) is 7.83. The number of furan rings is 1. The molecule has 7 aromatic carbocycles. The van der Waals surface area contributed by atoms with Gasteiger partial charge in [0.05, 0.1) is 21.5 Å². The van der Waals surface area contributed by atoms with Gasteiger partial charge in [0.1, 0.15) is 11.2 Å². The van der Waals surface area contributed by atoms with Gasteiger partial charge < -0.3 is 4.42 Å². The molecule has 0 aliphatic rings. The number of hydrogen-bond acceptors (Lipinski definition) is 8. The van der Waals surface area contributed by atoms with Gasteiger partial charge in [-0.2, -0.15) is 0 Å². The maximum atomic E-state index is 6.79. The summed E-state index contributed by atoms with van der Waals surface area (Å²) in [5.74, 6) is 2.40. The Balaban J connectivity index is 1.03. The summed E-state index contributed by atoms with van der Waals surface area (Å²) in [6, 6.07) is 56.3. The van der Waals surface area contributed by atoms with Crippen molar-refractivity contribution in [3.05, 3.63) is 164 Å². The molecule has 5 heterocycles. The van der Waals surface area contributed by atoms with Crippen molar-refractivity contribution in [1.29, 1.82) is 0 Å². The molecule has 0 fully saturated rings. The molecule has 0 aliphatic heterocycles. The molecule has 0 amide bonds. The number of benzene rings is 7. The van der Waals surface area contributed by atoms with E-state index in [1.165, 1.54) is 24.9 Å². The maximum Gasteiger partial charge on any atom is 0.167 e. The summed E-state index contributed by atoms with van der Waals surface area (Å²) in [6.45, 7) is 0. The number of aromatic nitrogens is 5. The third kappa shape index (κ3) is 5.26. The van der Waals surface area contributed by atoms with E-state index in [2.05, 4.69) is 115 Å². The molecule has 12 rings (SSSR count). The predicted octanol–water partition coefficient (Wildman–Crippen LogP) is 13.6. The quantitative estimate of drug-likeness (QED) is 0.174. The van der Waals surface area contributed by atoms with Crippen LogP contribution in [-0.4, -0.2) is 24.9 Å². The van der Waals surface area contributed by atoms with E-state index < -0.39 is 0 Å². The van der Waals surface area contributed by atoms with Gasteiger partial charge in [-0.25, -0.2) is 24.9 Å². The molecule has 5 aromatic heterocycles. The van der Waals surface area contributed by atoms with Crippen molar-refractivity contribution in [2.45, 2.75) is 0 Å². The van der Waals surface area contributed by atoms with Crippen LogP contribution in [0, 0.1) is 0 Å². The second kappa shape index (κ2) is 12.7. The smallest absolute Gasteiger partial charge is 0.167 e. The van der Waals surface area contributed by atoms with E-state index in [1.54, 1.807) is 22.7 Å². The first-order chi connectivity index (χ1) is 28.2. The maximum absolute atomic E-state index is 6.79. The van der Waals surface area contributed by atoms with Crippen LogP contribution in [-0.2, 0) is 0 Å². The highest BCUT2D eigenvalue weighted by Gasteiger charge is 2.21. The molecule has 0 N–H and O–H groups in total. The molecule has 0 saturated carbocycles. The molecule has 8 heteroatoms. The minimum Gasteiger partial charge on any atom is -0.455 e. The van der Waals surface area contributed by atoms with Crippen LogP contribution in [0.5, 0.6) is 0 Å². The highest BCUT2D eigenvalue weighted by molar-refractivity contribution is 7.26. The monoisotopic (exact) mass is 765 g/mol. The van der Waals surface area contributed by atoms with Crippen LogP contribution in [0.3, 0.4) is 0 Å². The Morgan fingerprint density at radius 1 is 0.368 bits per heavy atom. The van der Waals surface area contributed by atoms with E-state index in [0.717, 1.165) is 65.5 Å². The van der Waals surface area contributed by atoms with E-state index in [1.807, 2.05) is 48.5 Å². The largest absolute Gasteiger partial charge is 0.455 e. The van der Waals surface area contributed by atoms with Gasteiger partial charge in [-0.15, -0.1) is 22.7 Å². The number of fused-ring (bicyclic) bond motifs is 9. The molecule has 0 saturated heterocycles. The van der Waals surface area contributed by atoms with Gasteiger partial charge in [-0.1, -0.05) is 115 Å². The molecular formula is C49H27N5OS2. The van der Waals surface area contributed by atoms with Gasteiger partial charge in [0.15, 0.2) is 23.3 Å². The number of para-hydroxylation sites is 1. The summed E-state index contributed by atoms with van der Waals surface area (Å²) in [7, 11) is 0. The summed E-state index contributed by atoms with van der Waals surface area (Å²) in [6.07, 6.45) is 0. The number of rotatable bonds is 5. The van der Waals surface area contributed by atoms with E-state index in [4.69, 9.17) is 29.3 Å². The lowest BCUT2D eigenvalue weighted by Crippen LogP contribution is -2.00. The molecule has 0 unspecified atom stereocenters. The van der Waals surface area contributed by atoms with E-state index in [0.29, 0.717) is 28.9 Å². The summed E-state index contributed by atoms with van der Waals surface area (Å²) in [4.78, 5) is 25.7. The van der Waals surface area contributed by atoms with Crippen LogP contribution >= 0.6 is 22.7 Å². The van der Waals surface area contributed by atoms with E-state index in [-0.39, 0.29) is 0 Å². The van der Waals surface area contributed by atoms with Crippen molar-refractivity contribution in [3.8, 4) is 56.8 Å². The lowest BCUT2D eigenvalue weighted by atomic mass is 10.1. The zero-order valence-electron chi connectivity index (χ0n) is 30.0. The summed E-state index contributed by atoms with van der Waals surface area (Å²) in [5, 5.41) is 5.52. The first-order valence-electron chi connectivity index (χ1n) is 18.7. The Hall–Kier alpha value is -7.13. The van der Waals surface area contributed by atoms with Crippen molar-refractivity contribution in [3.63, 3.8) is 0 Å². The predicted molar refractivity (Wildman–Crippen MR) is 236 cm³/mol. The number of thiophene rings is 2. The van der Waals surface area contributed by atoms with Crippen LogP contribution in [0.2, 0.25) is 0 Å². The van der Waals surface area contributed by atoms with Gasteiger partial charge in [-0.05, 0) is 48.5 Å². The first kappa shape index (κ1) is 32.1. The molecule has 12 aromatic rings. The molecule has 0 aliphatic carbocycles. The minimum absolute atomic E-state index is 0.546. The second-order valence-corrected chi connectivity index (χ2v) is 16.2. The second-order valence-electron chi connectivity index (χ2n) is 14.0. The molecule has 0 radical (unpaired) electrons. The van der Waals surface area contributed by atoms with Crippen molar-refractivity contribution >= 4 is 85.1 Å². The first-order valence-corrected chi connectivity index (χ1v) is 20.3. The van der Waals surface area contributed by atoms with Crippen LogP contribution in [0.1, 0.15) is 0 Å². The van der Waals surface area contributed by atoms with Crippen molar-refractivity contribution in [2.24, 2.45) is 0 Å². The average Bonchev–Trinajstić information content (AvgIpc) is 3.97. The van der Waals surface area contributed by atoms with Gasteiger partial charge >= 0.3 is 0 Å². The fraction of sp³-hybridized carbons (Fsp3) is 0. The Morgan fingerprint density at radius 3 is 1.81 bits per heavy atom. The van der Waals surface area contributed by atoms with Crippen molar-refractivity contribution in [1.82, 2.24) is 24.9 Å². The lowest BCUT2D eigenvalue weighted by molar-refractivity contribution is 0.669. The van der Waals surface area contributed by atoms with Crippen LogP contribution in [0.15, 0.2) is 168 Å². The third-order valence-electron chi connectivity index (χ3n) is 10.6. The van der Waals surface area contributed by atoms with Gasteiger partial charge in [0.2, 0.25) is 0 Å². The number of hydrogen-bond donors (Lipinski definition) is 0. The third-order valence-corrected chi connectivity index (χ3v) is 12.9.